The molecule has 1 fully saturated rings. The smallest absolute Gasteiger partial charge is 0.263 e. The van der Waals surface area contributed by atoms with Crippen molar-refractivity contribution in [2.24, 2.45) is 5.92 Å². The maximum atomic E-state index is 11.9. The van der Waals surface area contributed by atoms with Crippen LogP contribution in [0.1, 0.15) is 53.9 Å². The summed E-state index contributed by atoms with van der Waals surface area (Å²) in [4.78, 5) is 18.3. The predicted octanol–water partition coefficient (Wildman–Crippen LogP) is 4.25. The second kappa shape index (κ2) is 8.25. The maximum Gasteiger partial charge on any atom is 0.263 e. The van der Waals surface area contributed by atoms with Crippen molar-refractivity contribution in [1.82, 2.24) is 9.88 Å². The summed E-state index contributed by atoms with van der Waals surface area (Å²) in [7, 11) is 0. The minimum absolute atomic E-state index is 0.0248. The van der Waals surface area contributed by atoms with Gasteiger partial charge in [0.2, 0.25) is 5.78 Å². The first-order valence-corrected chi connectivity index (χ1v) is 8.91. The van der Waals surface area contributed by atoms with Crippen molar-refractivity contribution in [2.75, 3.05) is 13.1 Å². The molecule has 0 atom stereocenters. The lowest BCUT2D eigenvalue weighted by Crippen LogP contribution is -2.33. The summed E-state index contributed by atoms with van der Waals surface area (Å²) in [6.45, 7) is 5.50. The molecule has 1 aromatic carbocycles. The topological polar surface area (TPSA) is 46.3 Å². The molecule has 2 aromatic rings. The highest BCUT2D eigenvalue weighted by Crippen LogP contribution is 2.24. The van der Waals surface area contributed by atoms with Crippen molar-refractivity contribution in [3.63, 3.8) is 0 Å². The number of benzene rings is 1. The molecule has 0 bridgehead atoms. The summed E-state index contributed by atoms with van der Waals surface area (Å²) in [5, 5.41) is 0. The summed E-state index contributed by atoms with van der Waals surface area (Å²) < 4.78 is 5.05. The Balaban J connectivity index is 1.34. The second-order valence-electron chi connectivity index (χ2n) is 6.86. The van der Waals surface area contributed by atoms with Gasteiger partial charge in [-0.05, 0) is 57.2 Å². The van der Waals surface area contributed by atoms with Gasteiger partial charge in [0, 0.05) is 13.0 Å². The van der Waals surface area contributed by atoms with E-state index >= 15 is 0 Å². The normalized spacial score (nSPS) is 16.4. The van der Waals surface area contributed by atoms with E-state index in [-0.39, 0.29) is 11.7 Å². The summed E-state index contributed by atoms with van der Waals surface area (Å²) in [6.07, 6.45) is 8.06. The molecule has 4 nitrogen and oxygen atoms in total. The number of oxazole rings is 1. The van der Waals surface area contributed by atoms with Gasteiger partial charge in [0.15, 0.2) is 0 Å². The van der Waals surface area contributed by atoms with Gasteiger partial charge in [0.1, 0.15) is 6.26 Å². The van der Waals surface area contributed by atoms with Gasteiger partial charge in [-0.2, -0.15) is 0 Å². The molecule has 1 aromatic heterocycles. The lowest BCUT2D eigenvalue weighted by Gasteiger charge is -2.32. The van der Waals surface area contributed by atoms with Crippen LogP contribution in [0.3, 0.4) is 0 Å². The van der Waals surface area contributed by atoms with Gasteiger partial charge in [0.25, 0.3) is 5.89 Å². The van der Waals surface area contributed by atoms with E-state index in [1.165, 1.54) is 36.4 Å². The minimum Gasteiger partial charge on any atom is -0.442 e. The Kier molecular flexibility index (Phi) is 5.81. The largest absolute Gasteiger partial charge is 0.442 e. The number of Topliss-reactive ketones (excluding diaryl/α,β-unsaturated/α-hetero) is 1. The molecule has 1 aliphatic rings. The molecular formula is C20H26N2O2. The van der Waals surface area contributed by atoms with Gasteiger partial charge in [-0.3, -0.25) is 9.69 Å². The maximum absolute atomic E-state index is 11.9. The number of rotatable bonds is 7. The first-order valence-electron chi connectivity index (χ1n) is 8.91. The molecular weight excluding hydrogens is 300 g/mol. The lowest BCUT2D eigenvalue weighted by atomic mass is 9.91. The van der Waals surface area contributed by atoms with E-state index in [0.717, 1.165) is 38.4 Å². The van der Waals surface area contributed by atoms with Crippen LogP contribution < -0.4 is 0 Å². The average molecular weight is 326 g/mol. The lowest BCUT2D eigenvalue weighted by molar-refractivity contribution is 0.0940. The van der Waals surface area contributed by atoms with Crippen LogP contribution in [-0.4, -0.2) is 28.8 Å². The van der Waals surface area contributed by atoms with E-state index in [9.17, 15) is 4.79 Å². The second-order valence-corrected chi connectivity index (χ2v) is 6.86. The van der Waals surface area contributed by atoms with Crippen molar-refractivity contribution in [1.29, 1.82) is 0 Å². The average Bonchev–Trinajstić information content (AvgIpc) is 3.13. The van der Waals surface area contributed by atoms with Crippen molar-refractivity contribution in [2.45, 2.75) is 45.6 Å². The van der Waals surface area contributed by atoms with E-state index in [1.54, 1.807) is 0 Å². The van der Waals surface area contributed by atoms with Crippen LogP contribution in [0.25, 0.3) is 0 Å². The number of carbonyl (C=O) groups excluding carboxylic acids is 1. The Morgan fingerprint density at radius 1 is 1.25 bits per heavy atom. The van der Waals surface area contributed by atoms with Gasteiger partial charge in [-0.15, -0.1) is 0 Å². The highest BCUT2D eigenvalue weighted by atomic mass is 16.3. The summed E-state index contributed by atoms with van der Waals surface area (Å²) in [5.41, 5.74) is 2.72. The third-order valence-electron chi connectivity index (χ3n) is 4.92. The van der Waals surface area contributed by atoms with E-state index in [4.69, 9.17) is 4.42 Å². The van der Waals surface area contributed by atoms with Gasteiger partial charge >= 0.3 is 0 Å². The zero-order valence-corrected chi connectivity index (χ0v) is 14.4. The van der Waals surface area contributed by atoms with Crippen molar-refractivity contribution in [3.05, 3.63) is 53.7 Å². The van der Waals surface area contributed by atoms with Gasteiger partial charge in [-0.1, -0.05) is 29.8 Å². The fourth-order valence-corrected chi connectivity index (χ4v) is 3.40. The summed E-state index contributed by atoms with van der Waals surface area (Å²) in [5.74, 6) is 1.02. The molecule has 0 aliphatic carbocycles. The van der Waals surface area contributed by atoms with Crippen LogP contribution in [0, 0.1) is 12.8 Å². The first kappa shape index (κ1) is 16.9. The van der Waals surface area contributed by atoms with Crippen molar-refractivity contribution in [3.8, 4) is 0 Å². The Hall–Kier alpha value is -1.94. The summed E-state index contributed by atoms with van der Waals surface area (Å²) in [6, 6.07) is 8.84. The third kappa shape index (κ3) is 4.78. The molecule has 24 heavy (non-hydrogen) atoms. The number of aryl methyl sites for hydroxylation is 1. The zero-order chi connectivity index (χ0) is 16.8. The number of piperidine rings is 1. The molecule has 128 valence electrons. The first-order chi connectivity index (χ1) is 11.7. The SMILES string of the molecule is Cc1ccc(CN2CCC(CCCC(=O)c3ncco3)CC2)cc1. The monoisotopic (exact) mass is 326 g/mol. The number of nitrogens with zero attached hydrogens (tertiary/aromatic N) is 2. The van der Waals surface area contributed by atoms with Crippen LogP contribution in [-0.2, 0) is 6.54 Å². The molecule has 1 aliphatic heterocycles. The summed E-state index contributed by atoms with van der Waals surface area (Å²) >= 11 is 0. The van der Waals surface area contributed by atoms with Gasteiger partial charge in [-0.25, -0.2) is 4.98 Å². The molecule has 0 unspecified atom stereocenters. The standard InChI is InChI=1S/C20H26N2O2/c1-16-5-7-18(8-6-16)15-22-12-9-17(10-13-22)3-2-4-19(23)20-21-11-14-24-20/h5-8,11,14,17H,2-4,9-10,12-13,15H2,1H3. The Morgan fingerprint density at radius 3 is 2.67 bits per heavy atom. The Labute approximate surface area is 143 Å². The quantitative estimate of drug-likeness (QED) is 0.714. The predicted molar refractivity (Wildman–Crippen MR) is 93.9 cm³/mol. The van der Waals surface area contributed by atoms with E-state index < -0.39 is 0 Å². The number of carbonyl (C=O) groups is 1. The highest BCUT2D eigenvalue weighted by molar-refractivity contribution is 5.91. The van der Waals surface area contributed by atoms with E-state index in [1.807, 2.05) is 0 Å². The molecule has 3 rings (SSSR count). The Bertz CT molecular complexity index is 626. The van der Waals surface area contributed by atoms with Crippen LogP contribution in [0.2, 0.25) is 0 Å². The number of ketones is 1. The van der Waals surface area contributed by atoms with Crippen LogP contribution >= 0.6 is 0 Å². The molecule has 0 amide bonds. The molecule has 4 heteroatoms. The van der Waals surface area contributed by atoms with Crippen LogP contribution in [0.4, 0.5) is 0 Å². The molecule has 0 N–H and O–H groups in total. The number of aromatic nitrogens is 1. The fraction of sp³-hybridized carbons (Fsp3) is 0.500. The zero-order valence-electron chi connectivity index (χ0n) is 14.4. The van der Waals surface area contributed by atoms with Crippen LogP contribution in [0.15, 0.2) is 41.1 Å². The van der Waals surface area contributed by atoms with E-state index in [0.29, 0.717) is 6.42 Å². The number of likely N-dealkylation sites (tertiary alicyclic amines) is 1. The Morgan fingerprint density at radius 2 is 2.00 bits per heavy atom. The molecule has 1 saturated heterocycles. The highest BCUT2D eigenvalue weighted by Gasteiger charge is 2.20. The van der Waals surface area contributed by atoms with Crippen LogP contribution in [0.5, 0.6) is 0 Å². The number of hydrogen-bond acceptors (Lipinski definition) is 4. The van der Waals surface area contributed by atoms with Crippen molar-refractivity contribution < 1.29 is 9.21 Å². The van der Waals surface area contributed by atoms with E-state index in [2.05, 4.69) is 41.1 Å². The minimum atomic E-state index is 0.0248. The molecule has 0 radical (unpaired) electrons. The number of hydrogen-bond donors (Lipinski definition) is 0. The molecule has 0 saturated carbocycles. The fourth-order valence-electron chi connectivity index (χ4n) is 3.40. The van der Waals surface area contributed by atoms with Crippen molar-refractivity contribution >= 4 is 5.78 Å². The van der Waals surface area contributed by atoms with Gasteiger partial charge in [0.05, 0.1) is 6.20 Å². The van der Waals surface area contributed by atoms with Gasteiger partial charge < -0.3 is 4.42 Å². The third-order valence-corrected chi connectivity index (χ3v) is 4.92. The molecule has 0 spiro atoms. The molecule has 2 heterocycles.